The van der Waals surface area contributed by atoms with Crippen LogP contribution >= 0.6 is 0 Å². The van der Waals surface area contributed by atoms with Gasteiger partial charge in [0.25, 0.3) is 0 Å². The molecule has 120 valence electrons. The molecule has 1 atom stereocenters. The van der Waals surface area contributed by atoms with E-state index in [1.54, 1.807) is 18.9 Å². The molecule has 1 aliphatic rings. The van der Waals surface area contributed by atoms with Crippen LogP contribution in [0.2, 0.25) is 0 Å². The Hall–Kier alpha value is -2.08. The van der Waals surface area contributed by atoms with Crippen LogP contribution in [0.15, 0.2) is 24.3 Å². The van der Waals surface area contributed by atoms with E-state index < -0.39 is 0 Å². The van der Waals surface area contributed by atoms with Gasteiger partial charge in [0, 0.05) is 13.1 Å². The summed E-state index contributed by atoms with van der Waals surface area (Å²) in [6.45, 7) is 5.20. The number of hydrogen-bond donors (Lipinski definition) is 0. The van der Waals surface area contributed by atoms with Crippen molar-refractivity contribution in [2.75, 3.05) is 38.3 Å². The Kier molecular flexibility index (Phi) is 5.38. The van der Waals surface area contributed by atoms with E-state index in [0.717, 1.165) is 5.69 Å². The molecular weight excluding hydrogens is 284 g/mol. The Bertz CT molecular complexity index is 547. The molecule has 2 rings (SSSR count). The minimum atomic E-state index is -0.372. The van der Waals surface area contributed by atoms with Crippen molar-refractivity contribution in [2.45, 2.75) is 19.9 Å². The van der Waals surface area contributed by atoms with Crippen LogP contribution in [-0.2, 0) is 14.3 Å². The van der Waals surface area contributed by atoms with Gasteiger partial charge in [-0.3, -0.25) is 14.5 Å². The topological polar surface area (TPSA) is 59.1 Å². The first-order valence-corrected chi connectivity index (χ1v) is 7.42. The van der Waals surface area contributed by atoms with Crippen molar-refractivity contribution in [3.05, 3.63) is 24.3 Å². The van der Waals surface area contributed by atoms with Crippen molar-refractivity contribution in [3.8, 4) is 5.75 Å². The molecule has 1 saturated heterocycles. The molecule has 1 fully saturated rings. The van der Waals surface area contributed by atoms with Crippen molar-refractivity contribution in [1.29, 1.82) is 0 Å². The molecule has 0 N–H and O–H groups in total. The third-order valence-corrected chi connectivity index (χ3v) is 3.80. The lowest BCUT2D eigenvalue weighted by Gasteiger charge is -2.38. The summed E-state index contributed by atoms with van der Waals surface area (Å²) in [4.78, 5) is 27.8. The van der Waals surface area contributed by atoms with Crippen LogP contribution in [0, 0.1) is 0 Å². The van der Waals surface area contributed by atoms with Gasteiger partial charge in [0.2, 0.25) is 5.91 Å². The van der Waals surface area contributed by atoms with Crippen molar-refractivity contribution in [3.63, 3.8) is 0 Å². The molecule has 22 heavy (non-hydrogen) atoms. The molecule has 1 aliphatic heterocycles. The van der Waals surface area contributed by atoms with E-state index in [1.165, 1.54) is 0 Å². The molecule has 1 amide bonds. The van der Waals surface area contributed by atoms with Gasteiger partial charge >= 0.3 is 5.97 Å². The standard InChI is InChI=1S/C16H22N2O4/c1-4-22-15(19)11-17-9-10-18(16(20)12(17)2)13-7-5-6-8-14(13)21-3/h5-8,12H,4,9-11H2,1-3H3/t12-/m1/s1. The number of ether oxygens (including phenoxy) is 2. The highest BCUT2D eigenvalue weighted by Gasteiger charge is 2.34. The van der Waals surface area contributed by atoms with E-state index in [0.29, 0.717) is 25.4 Å². The zero-order valence-electron chi connectivity index (χ0n) is 13.2. The van der Waals surface area contributed by atoms with Gasteiger partial charge in [0.15, 0.2) is 0 Å². The van der Waals surface area contributed by atoms with Gasteiger partial charge in [0.1, 0.15) is 5.75 Å². The first kappa shape index (κ1) is 16.3. The molecule has 0 aromatic heterocycles. The number of amides is 1. The lowest BCUT2D eigenvalue weighted by atomic mass is 10.1. The number of carbonyl (C=O) groups is 2. The number of para-hydroxylation sites is 2. The summed E-state index contributed by atoms with van der Waals surface area (Å²) >= 11 is 0. The predicted molar refractivity (Wildman–Crippen MR) is 83.0 cm³/mol. The number of methoxy groups -OCH3 is 1. The highest BCUT2D eigenvalue weighted by atomic mass is 16.5. The maximum absolute atomic E-state index is 12.6. The molecule has 0 spiro atoms. The van der Waals surface area contributed by atoms with Gasteiger partial charge < -0.3 is 14.4 Å². The Labute approximate surface area is 130 Å². The number of piperazine rings is 1. The fourth-order valence-electron chi connectivity index (χ4n) is 2.59. The summed E-state index contributed by atoms with van der Waals surface area (Å²) in [6, 6.07) is 7.07. The fraction of sp³-hybridized carbons (Fsp3) is 0.500. The smallest absolute Gasteiger partial charge is 0.320 e. The zero-order valence-corrected chi connectivity index (χ0v) is 13.2. The SMILES string of the molecule is CCOC(=O)CN1CCN(c2ccccc2OC)C(=O)[C@H]1C. The number of nitrogens with zero attached hydrogens (tertiary/aromatic N) is 2. The molecule has 1 aromatic carbocycles. The summed E-state index contributed by atoms with van der Waals surface area (Å²) in [5.41, 5.74) is 0.762. The predicted octanol–water partition coefficient (Wildman–Crippen LogP) is 1.30. The lowest BCUT2D eigenvalue weighted by Crippen LogP contribution is -2.57. The molecule has 1 heterocycles. The molecule has 6 heteroatoms. The van der Waals surface area contributed by atoms with Crippen LogP contribution in [0.5, 0.6) is 5.75 Å². The van der Waals surface area contributed by atoms with Gasteiger partial charge in [-0.15, -0.1) is 0 Å². The number of benzene rings is 1. The summed E-state index contributed by atoms with van der Waals surface area (Å²) in [5.74, 6) is 0.329. The Morgan fingerprint density at radius 2 is 2.05 bits per heavy atom. The molecular formula is C16H22N2O4. The number of anilines is 1. The van der Waals surface area contributed by atoms with Gasteiger partial charge in [-0.1, -0.05) is 12.1 Å². The molecule has 0 radical (unpaired) electrons. The van der Waals surface area contributed by atoms with Crippen molar-refractivity contribution in [1.82, 2.24) is 4.90 Å². The number of carbonyl (C=O) groups excluding carboxylic acids is 2. The van der Waals surface area contributed by atoms with Gasteiger partial charge in [0.05, 0.1) is 32.0 Å². The van der Waals surface area contributed by atoms with Crippen LogP contribution in [0.4, 0.5) is 5.69 Å². The molecule has 1 aromatic rings. The van der Waals surface area contributed by atoms with Crippen LogP contribution in [0.3, 0.4) is 0 Å². The first-order valence-electron chi connectivity index (χ1n) is 7.42. The third-order valence-electron chi connectivity index (χ3n) is 3.80. The van der Waals surface area contributed by atoms with E-state index in [-0.39, 0.29) is 24.5 Å². The number of rotatable bonds is 5. The normalized spacial score (nSPS) is 19.1. The highest BCUT2D eigenvalue weighted by Crippen LogP contribution is 2.29. The van der Waals surface area contributed by atoms with Crippen LogP contribution < -0.4 is 9.64 Å². The van der Waals surface area contributed by atoms with E-state index in [2.05, 4.69) is 0 Å². The molecule has 0 unspecified atom stereocenters. The van der Waals surface area contributed by atoms with Gasteiger partial charge in [-0.25, -0.2) is 0 Å². The summed E-state index contributed by atoms with van der Waals surface area (Å²) < 4.78 is 10.3. The highest BCUT2D eigenvalue weighted by molar-refractivity contribution is 5.99. The average Bonchev–Trinajstić information content (AvgIpc) is 2.52. The van der Waals surface area contributed by atoms with Gasteiger partial charge in [-0.2, -0.15) is 0 Å². The first-order chi connectivity index (χ1) is 10.6. The monoisotopic (exact) mass is 306 g/mol. The summed E-state index contributed by atoms with van der Waals surface area (Å²) in [7, 11) is 1.59. The second-order valence-electron chi connectivity index (χ2n) is 5.11. The maximum atomic E-state index is 12.6. The van der Waals surface area contributed by atoms with Crippen molar-refractivity contribution >= 4 is 17.6 Å². The average molecular weight is 306 g/mol. The van der Waals surface area contributed by atoms with Crippen molar-refractivity contribution in [2.24, 2.45) is 0 Å². The quantitative estimate of drug-likeness (QED) is 0.767. The Morgan fingerprint density at radius 1 is 1.32 bits per heavy atom. The van der Waals surface area contributed by atoms with Crippen LogP contribution in [0.1, 0.15) is 13.8 Å². The number of hydrogen-bond acceptors (Lipinski definition) is 5. The molecule has 0 aliphatic carbocycles. The Balaban J connectivity index is 2.11. The molecule has 0 saturated carbocycles. The van der Waals surface area contributed by atoms with E-state index in [1.807, 2.05) is 36.1 Å². The van der Waals surface area contributed by atoms with Crippen LogP contribution in [-0.4, -0.2) is 56.2 Å². The largest absolute Gasteiger partial charge is 0.495 e. The minimum Gasteiger partial charge on any atom is -0.495 e. The van der Waals surface area contributed by atoms with Crippen LogP contribution in [0.25, 0.3) is 0 Å². The van der Waals surface area contributed by atoms with E-state index in [9.17, 15) is 9.59 Å². The lowest BCUT2D eigenvalue weighted by molar-refractivity contribution is -0.145. The van der Waals surface area contributed by atoms with E-state index >= 15 is 0 Å². The van der Waals surface area contributed by atoms with Gasteiger partial charge in [-0.05, 0) is 26.0 Å². The van der Waals surface area contributed by atoms with E-state index in [4.69, 9.17) is 9.47 Å². The molecule has 0 bridgehead atoms. The van der Waals surface area contributed by atoms with Crippen molar-refractivity contribution < 1.29 is 19.1 Å². The fourth-order valence-corrected chi connectivity index (χ4v) is 2.59. The summed E-state index contributed by atoms with van der Waals surface area (Å²) in [6.07, 6.45) is 0. The molecule has 6 nitrogen and oxygen atoms in total. The maximum Gasteiger partial charge on any atom is 0.320 e. The second kappa shape index (κ2) is 7.26. The minimum absolute atomic E-state index is 0.0416. The zero-order chi connectivity index (χ0) is 16.1. The Morgan fingerprint density at radius 3 is 2.73 bits per heavy atom. The third kappa shape index (κ3) is 3.39. The number of esters is 1. The second-order valence-corrected chi connectivity index (χ2v) is 5.11. The summed E-state index contributed by atoms with van der Waals surface area (Å²) in [5, 5.41) is 0.